The molecule has 14 heteroatoms. The van der Waals surface area contributed by atoms with Crippen molar-refractivity contribution in [1.29, 1.82) is 0 Å². The maximum absolute atomic E-state index is 13.4. The molecule has 1 aromatic carbocycles. The summed E-state index contributed by atoms with van der Waals surface area (Å²) in [6.07, 6.45) is -0.400. The lowest BCUT2D eigenvalue weighted by Crippen LogP contribution is -2.34. The molecule has 0 saturated carbocycles. The Hall–Kier alpha value is -3.94. The molecule has 0 spiro atoms. The third-order valence-electron chi connectivity index (χ3n) is 6.09. The van der Waals surface area contributed by atoms with E-state index in [0.717, 1.165) is 23.8 Å². The van der Waals surface area contributed by atoms with E-state index in [1.54, 1.807) is 23.4 Å². The second-order valence-corrected chi connectivity index (χ2v) is 9.27. The Kier molecular flexibility index (Phi) is 5.90. The molecule has 0 radical (unpaired) electrons. The average molecular weight is 518 g/mol. The molecule has 10 nitrogen and oxygen atoms in total. The summed E-state index contributed by atoms with van der Waals surface area (Å²) in [6, 6.07) is 4.23. The van der Waals surface area contributed by atoms with Gasteiger partial charge in [0.05, 0.1) is 15.9 Å². The summed E-state index contributed by atoms with van der Waals surface area (Å²) in [5, 5.41) is 15.5. The Balaban J connectivity index is 1.42. The molecule has 36 heavy (non-hydrogen) atoms. The number of pyridine rings is 1. The maximum atomic E-state index is 13.4. The Morgan fingerprint density at radius 3 is 2.64 bits per heavy atom. The number of hydrogen-bond acceptors (Lipinski definition) is 10. The first-order valence-electron chi connectivity index (χ1n) is 10.8. The Bertz CT molecular complexity index is 1510. The van der Waals surface area contributed by atoms with E-state index in [4.69, 9.17) is 4.52 Å². The van der Waals surface area contributed by atoms with Gasteiger partial charge >= 0.3 is 6.18 Å². The highest BCUT2D eigenvalue weighted by molar-refractivity contribution is 7.22. The minimum Gasteiger partial charge on any atom is -0.348 e. The minimum absolute atomic E-state index is 0.0396. The summed E-state index contributed by atoms with van der Waals surface area (Å²) in [5.74, 6) is 0.859. The lowest BCUT2D eigenvalue weighted by atomic mass is 9.97. The van der Waals surface area contributed by atoms with Gasteiger partial charge in [-0.1, -0.05) is 16.5 Å². The second kappa shape index (κ2) is 8.93. The molecule has 3 aromatic heterocycles. The lowest BCUT2D eigenvalue weighted by molar-refractivity contribution is -0.383. The number of halogens is 3. The van der Waals surface area contributed by atoms with Crippen LogP contribution in [0.15, 0.2) is 39.9 Å². The fourth-order valence-electron chi connectivity index (χ4n) is 4.25. The lowest BCUT2D eigenvalue weighted by Gasteiger charge is -2.30. The topological polar surface area (TPSA) is 128 Å². The van der Waals surface area contributed by atoms with E-state index in [1.807, 2.05) is 6.07 Å². The number of nitro benzene ring substituents is 1. The highest BCUT2D eigenvalue weighted by Crippen LogP contribution is 2.42. The van der Waals surface area contributed by atoms with Gasteiger partial charge in [-0.2, -0.15) is 23.1 Å². The summed E-state index contributed by atoms with van der Waals surface area (Å²) >= 11 is 0.842. The largest absolute Gasteiger partial charge is 0.416 e. The van der Waals surface area contributed by atoms with Crippen LogP contribution in [0, 0.1) is 17.0 Å². The molecular formula is C22H17F3N6O4S. The van der Waals surface area contributed by atoms with Gasteiger partial charge in [0, 0.05) is 42.5 Å². The second-order valence-electron chi connectivity index (χ2n) is 8.29. The highest BCUT2D eigenvalue weighted by Gasteiger charge is 2.38. The number of anilines is 1. The number of piperidine rings is 1. The predicted octanol–water partition coefficient (Wildman–Crippen LogP) is 4.72. The summed E-state index contributed by atoms with van der Waals surface area (Å²) in [4.78, 5) is 37.7. The summed E-state index contributed by atoms with van der Waals surface area (Å²) < 4.78 is 45.6. The van der Waals surface area contributed by atoms with Crippen molar-refractivity contribution < 1.29 is 22.6 Å². The van der Waals surface area contributed by atoms with Crippen LogP contribution in [0.25, 0.3) is 21.5 Å². The zero-order valence-electron chi connectivity index (χ0n) is 18.7. The fraction of sp³-hybridized carbons (Fsp3) is 0.318. The van der Waals surface area contributed by atoms with Crippen LogP contribution in [0.4, 0.5) is 24.0 Å². The molecule has 1 fully saturated rings. The maximum Gasteiger partial charge on any atom is 0.416 e. The van der Waals surface area contributed by atoms with Crippen LogP contribution in [0.3, 0.4) is 0 Å². The minimum atomic E-state index is -4.84. The van der Waals surface area contributed by atoms with Crippen molar-refractivity contribution >= 4 is 32.2 Å². The third-order valence-corrected chi connectivity index (χ3v) is 7.24. The summed E-state index contributed by atoms with van der Waals surface area (Å²) in [7, 11) is 0. The molecule has 1 saturated heterocycles. The van der Waals surface area contributed by atoms with Gasteiger partial charge in [0.25, 0.3) is 11.2 Å². The quantitative estimate of drug-likeness (QED) is 0.278. The smallest absolute Gasteiger partial charge is 0.348 e. The van der Waals surface area contributed by atoms with Gasteiger partial charge in [-0.25, -0.2) is 0 Å². The van der Waals surface area contributed by atoms with Crippen molar-refractivity contribution in [2.24, 2.45) is 0 Å². The van der Waals surface area contributed by atoms with Crippen molar-refractivity contribution in [2.75, 3.05) is 18.0 Å². The monoisotopic (exact) mass is 518 g/mol. The van der Waals surface area contributed by atoms with E-state index in [0.29, 0.717) is 43.7 Å². The number of rotatable bonds is 4. The van der Waals surface area contributed by atoms with E-state index in [-0.39, 0.29) is 15.7 Å². The molecule has 0 amide bonds. The van der Waals surface area contributed by atoms with Crippen LogP contribution in [0.2, 0.25) is 0 Å². The molecule has 0 aliphatic carbocycles. The van der Waals surface area contributed by atoms with Gasteiger partial charge < -0.3 is 9.42 Å². The number of hydrogen-bond donors (Lipinski definition) is 0. The first kappa shape index (κ1) is 23.8. The number of benzene rings is 1. The van der Waals surface area contributed by atoms with Gasteiger partial charge in [-0.15, -0.1) is 0 Å². The molecular weight excluding hydrogens is 501 g/mol. The van der Waals surface area contributed by atoms with Gasteiger partial charge in [-0.05, 0) is 38.0 Å². The normalized spacial score (nSPS) is 14.9. The van der Waals surface area contributed by atoms with E-state index in [1.165, 1.54) is 0 Å². The summed E-state index contributed by atoms with van der Waals surface area (Å²) in [5.41, 5.74) is -2.69. The molecule has 186 valence electrons. The van der Waals surface area contributed by atoms with Gasteiger partial charge in [-0.3, -0.25) is 19.9 Å². The van der Waals surface area contributed by atoms with Crippen molar-refractivity contribution in [2.45, 2.75) is 31.9 Å². The molecule has 1 aliphatic rings. The number of aromatic nitrogens is 4. The number of nitrogens with zero attached hydrogens (tertiary/aromatic N) is 6. The number of alkyl halides is 3. The van der Waals surface area contributed by atoms with E-state index < -0.39 is 38.9 Å². The summed E-state index contributed by atoms with van der Waals surface area (Å²) in [6.45, 7) is 1.92. The van der Waals surface area contributed by atoms with Crippen molar-refractivity contribution in [3.63, 3.8) is 0 Å². The predicted molar refractivity (Wildman–Crippen MR) is 124 cm³/mol. The Morgan fingerprint density at radius 2 is 2.00 bits per heavy atom. The van der Waals surface area contributed by atoms with Crippen LogP contribution >= 0.6 is 11.3 Å². The van der Waals surface area contributed by atoms with Crippen LogP contribution in [-0.4, -0.2) is 38.1 Å². The van der Waals surface area contributed by atoms with Crippen molar-refractivity contribution in [3.05, 3.63) is 68.1 Å². The van der Waals surface area contributed by atoms with Crippen LogP contribution in [0.5, 0.6) is 0 Å². The molecule has 0 N–H and O–H groups in total. The Labute approximate surface area is 204 Å². The van der Waals surface area contributed by atoms with Crippen LogP contribution < -0.4 is 10.5 Å². The molecule has 0 unspecified atom stereocenters. The first-order chi connectivity index (χ1) is 17.1. The average Bonchev–Trinajstić information content (AvgIpc) is 3.34. The third kappa shape index (κ3) is 4.27. The van der Waals surface area contributed by atoms with E-state index in [9.17, 15) is 28.1 Å². The van der Waals surface area contributed by atoms with Crippen LogP contribution in [0.1, 0.15) is 35.8 Å². The van der Waals surface area contributed by atoms with Crippen LogP contribution in [-0.2, 0) is 6.18 Å². The molecule has 4 heterocycles. The first-order valence-corrected chi connectivity index (χ1v) is 11.6. The van der Waals surface area contributed by atoms with Crippen molar-refractivity contribution in [1.82, 2.24) is 20.1 Å². The van der Waals surface area contributed by atoms with Gasteiger partial charge in [0.15, 0.2) is 5.13 Å². The van der Waals surface area contributed by atoms with Crippen molar-refractivity contribution in [3.8, 4) is 11.4 Å². The van der Waals surface area contributed by atoms with Gasteiger partial charge in [0.1, 0.15) is 4.70 Å². The van der Waals surface area contributed by atoms with E-state index >= 15 is 0 Å². The fourth-order valence-corrected chi connectivity index (χ4v) is 5.45. The SMILES string of the molecule is Cc1c(C(F)(F)F)cc2c(=O)nc(N3CCC(c4nc(-c5cccnc5)no4)CC3)sc2c1[N+](=O)[O-]. The zero-order valence-corrected chi connectivity index (χ0v) is 19.5. The standard InChI is InChI=1S/C22H17F3N6O4S/c1-11-15(22(23,24)25)9-14-17(16(11)31(33)34)36-21(28-19(14)32)30-7-4-12(5-8-30)20-27-18(29-35-20)13-3-2-6-26-10-13/h2-3,6,9-10,12H,4-5,7-8H2,1H3. The molecule has 4 aromatic rings. The Morgan fingerprint density at radius 1 is 1.25 bits per heavy atom. The van der Waals surface area contributed by atoms with E-state index in [2.05, 4.69) is 20.1 Å². The van der Waals surface area contributed by atoms with Gasteiger partial charge in [0.2, 0.25) is 11.7 Å². The number of nitro groups is 1. The molecule has 0 atom stereocenters. The molecule has 5 rings (SSSR count). The molecule has 1 aliphatic heterocycles. The number of fused-ring (bicyclic) bond motifs is 1. The molecule has 0 bridgehead atoms. The zero-order chi connectivity index (χ0) is 25.6. The highest BCUT2D eigenvalue weighted by atomic mass is 32.1.